The summed E-state index contributed by atoms with van der Waals surface area (Å²) in [4.78, 5) is 0. The van der Waals surface area contributed by atoms with Gasteiger partial charge in [-0.3, -0.25) is 0 Å². The van der Waals surface area contributed by atoms with E-state index >= 15 is 0 Å². The zero-order valence-electron chi connectivity index (χ0n) is 22.4. The van der Waals surface area contributed by atoms with E-state index in [9.17, 15) is 4.39 Å². The van der Waals surface area contributed by atoms with Crippen molar-refractivity contribution in [2.45, 2.75) is 65.3 Å². The van der Waals surface area contributed by atoms with Gasteiger partial charge in [0, 0.05) is 24.3 Å². The Morgan fingerprint density at radius 2 is 1.72 bits per heavy atom. The van der Waals surface area contributed by atoms with Gasteiger partial charge < -0.3 is 18.9 Å². The van der Waals surface area contributed by atoms with Gasteiger partial charge in [0.25, 0.3) is 0 Å². The average Bonchev–Trinajstić information content (AvgIpc) is 2.88. The summed E-state index contributed by atoms with van der Waals surface area (Å²) in [5.74, 6) is 1.22. The molecule has 0 fully saturated rings. The number of halogens is 1. The Morgan fingerprint density at radius 3 is 2.33 bits per heavy atom. The molecule has 1 aliphatic rings. The van der Waals surface area contributed by atoms with Crippen LogP contribution in [0.2, 0.25) is 0 Å². The molecule has 0 radical (unpaired) electrons. The molecular formula is C31H37FO4. The maximum Gasteiger partial charge on any atom is 0.130 e. The first-order chi connectivity index (χ1) is 17.3. The van der Waals surface area contributed by atoms with Crippen molar-refractivity contribution in [1.29, 1.82) is 0 Å². The van der Waals surface area contributed by atoms with Crippen molar-refractivity contribution in [1.82, 2.24) is 0 Å². The van der Waals surface area contributed by atoms with Gasteiger partial charge in [-0.15, -0.1) is 0 Å². The molecule has 36 heavy (non-hydrogen) atoms. The zero-order chi connectivity index (χ0) is 26.0. The lowest BCUT2D eigenvalue weighted by Gasteiger charge is -2.35. The number of fused-ring (bicyclic) bond motifs is 1. The lowest BCUT2D eigenvalue weighted by Crippen LogP contribution is -2.26. The smallest absolute Gasteiger partial charge is 0.130 e. The number of benzene rings is 3. The van der Waals surface area contributed by atoms with Crippen molar-refractivity contribution in [3.8, 4) is 22.6 Å². The van der Waals surface area contributed by atoms with E-state index < -0.39 is 0 Å². The van der Waals surface area contributed by atoms with E-state index in [1.54, 1.807) is 33.5 Å². The standard InChI is InChI=1S/C31H37FO4/c1-8-21-13-18(2)24(14-19(3)33-5)25(16-21)29-26-15-20(4)36-31(22-9-11-23(32)12-10-22)30(26)28(35-7)17-27(29)34-6/h9-13,16-17,19-20,31H,8,14-15H2,1-7H3/t19-,20-,31?/m0/s1. The molecule has 1 unspecified atom stereocenters. The van der Waals surface area contributed by atoms with Gasteiger partial charge in [0.05, 0.1) is 26.4 Å². The minimum atomic E-state index is -0.374. The van der Waals surface area contributed by atoms with Crippen molar-refractivity contribution < 1.29 is 23.3 Å². The zero-order valence-corrected chi connectivity index (χ0v) is 22.4. The van der Waals surface area contributed by atoms with Crippen molar-refractivity contribution in [3.63, 3.8) is 0 Å². The molecule has 4 nitrogen and oxygen atoms in total. The monoisotopic (exact) mass is 492 g/mol. The van der Waals surface area contributed by atoms with E-state index in [0.717, 1.165) is 40.8 Å². The van der Waals surface area contributed by atoms with E-state index in [4.69, 9.17) is 18.9 Å². The summed E-state index contributed by atoms with van der Waals surface area (Å²) < 4.78 is 37.8. The van der Waals surface area contributed by atoms with Gasteiger partial charge in [0.15, 0.2) is 0 Å². The minimum absolute atomic E-state index is 0.0417. The summed E-state index contributed by atoms with van der Waals surface area (Å²) in [6.45, 7) is 8.53. The highest BCUT2D eigenvalue weighted by molar-refractivity contribution is 5.81. The number of ether oxygens (including phenoxy) is 4. The van der Waals surface area contributed by atoms with Crippen LogP contribution in [-0.4, -0.2) is 33.5 Å². The SMILES string of the molecule is CCc1cc(C)c(C[C@H](C)OC)c(-c2c(OC)cc(OC)c3c2C[C@H](C)OC3c2ccc(F)cc2)c1. The van der Waals surface area contributed by atoms with Crippen LogP contribution in [0.4, 0.5) is 4.39 Å². The van der Waals surface area contributed by atoms with Gasteiger partial charge in [-0.25, -0.2) is 4.39 Å². The Balaban J connectivity index is 2.05. The summed E-state index contributed by atoms with van der Waals surface area (Å²) in [6, 6.07) is 13.1. The molecule has 0 amide bonds. The summed E-state index contributed by atoms with van der Waals surface area (Å²) in [6.07, 6.45) is 2.10. The van der Waals surface area contributed by atoms with Crippen LogP contribution < -0.4 is 9.47 Å². The molecule has 0 N–H and O–H groups in total. The molecule has 3 aromatic rings. The van der Waals surface area contributed by atoms with Crippen molar-refractivity contribution in [3.05, 3.63) is 81.7 Å². The van der Waals surface area contributed by atoms with Gasteiger partial charge in [0.1, 0.15) is 23.4 Å². The van der Waals surface area contributed by atoms with Crippen LogP contribution >= 0.6 is 0 Å². The molecule has 0 spiro atoms. The van der Waals surface area contributed by atoms with Crippen LogP contribution in [0.25, 0.3) is 11.1 Å². The second-order valence-corrected chi connectivity index (χ2v) is 9.67. The van der Waals surface area contributed by atoms with Gasteiger partial charge in [0.2, 0.25) is 0 Å². The molecule has 0 aromatic heterocycles. The predicted molar refractivity (Wildman–Crippen MR) is 142 cm³/mol. The quantitative estimate of drug-likeness (QED) is 0.339. The third-order valence-corrected chi connectivity index (χ3v) is 7.24. The van der Waals surface area contributed by atoms with Crippen LogP contribution in [-0.2, 0) is 28.7 Å². The van der Waals surface area contributed by atoms with Crippen molar-refractivity contribution >= 4 is 0 Å². The maximum atomic E-state index is 13.8. The number of hydrogen-bond donors (Lipinski definition) is 0. The van der Waals surface area contributed by atoms with E-state index in [1.165, 1.54) is 34.4 Å². The van der Waals surface area contributed by atoms with Crippen LogP contribution in [0.5, 0.6) is 11.5 Å². The lowest BCUT2D eigenvalue weighted by atomic mass is 9.81. The Kier molecular flexibility index (Phi) is 8.01. The molecule has 1 aliphatic heterocycles. The van der Waals surface area contributed by atoms with Gasteiger partial charge in [-0.2, -0.15) is 0 Å². The largest absolute Gasteiger partial charge is 0.496 e. The Bertz CT molecular complexity index is 1220. The Hall–Kier alpha value is -2.89. The molecule has 5 heteroatoms. The third kappa shape index (κ3) is 5.00. The van der Waals surface area contributed by atoms with E-state index in [-0.39, 0.29) is 24.1 Å². The first-order valence-corrected chi connectivity index (χ1v) is 12.6. The van der Waals surface area contributed by atoms with Gasteiger partial charge in [-0.1, -0.05) is 31.2 Å². The Morgan fingerprint density at radius 1 is 1.03 bits per heavy atom. The fraction of sp³-hybridized carbons (Fsp3) is 0.419. The highest BCUT2D eigenvalue weighted by atomic mass is 19.1. The molecule has 1 heterocycles. The summed E-state index contributed by atoms with van der Waals surface area (Å²) in [5, 5.41) is 0. The topological polar surface area (TPSA) is 36.9 Å². The molecule has 0 saturated heterocycles. The number of rotatable bonds is 8. The van der Waals surface area contributed by atoms with Crippen LogP contribution in [0.15, 0.2) is 42.5 Å². The highest BCUT2D eigenvalue weighted by Crippen LogP contribution is 2.49. The molecule has 4 rings (SSSR count). The second-order valence-electron chi connectivity index (χ2n) is 9.67. The normalized spacial score (nSPS) is 18.0. The Labute approximate surface area is 214 Å². The fourth-order valence-corrected chi connectivity index (χ4v) is 5.31. The number of hydrogen-bond acceptors (Lipinski definition) is 4. The number of aryl methyl sites for hydroxylation is 2. The summed E-state index contributed by atoms with van der Waals surface area (Å²) in [7, 11) is 5.13. The summed E-state index contributed by atoms with van der Waals surface area (Å²) in [5.41, 5.74) is 9.04. The summed E-state index contributed by atoms with van der Waals surface area (Å²) >= 11 is 0. The maximum absolute atomic E-state index is 13.8. The first-order valence-electron chi connectivity index (χ1n) is 12.6. The molecule has 0 saturated carbocycles. The first kappa shape index (κ1) is 26.2. The molecule has 3 atom stereocenters. The molecule has 0 bridgehead atoms. The van der Waals surface area contributed by atoms with Gasteiger partial charge in [-0.05, 0) is 85.5 Å². The van der Waals surface area contributed by atoms with E-state index in [2.05, 4.69) is 39.8 Å². The average molecular weight is 493 g/mol. The molecular weight excluding hydrogens is 455 g/mol. The third-order valence-electron chi connectivity index (χ3n) is 7.24. The van der Waals surface area contributed by atoms with Crippen molar-refractivity contribution in [2.75, 3.05) is 21.3 Å². The van der Waals surface area contributed by atoms with Crippen LogP contribution in [0, 0.1) is 12.7 Å². The molecule has 192 valence electrons. The fourth-order valence-electron chi connectivity index (χ4n) is 5.31. The lowest BCUT2D eigenvalue weighted by molar-refractivity contribution is 0.00597. The van der Waals surface area contributed by atoms with E-state index in [1.807, 2.05) is 6.07 Å². The van der Waals surface area contributed by atoms with E-state index in [0.29, 0.717) is 12.2 Å². The number of methoxy groups -OCH3 is 3. The minimum Gasteiger partial charge on any atom is -0.496 e. The van der Waals surface area contributed by atoms with Crippen molar-refractivity contribution in [2.24, 2.45) is 0 Å². The van der Waals surface area contributed by atoms with Gasteiger partial charge >= 0.3 is 0 Å². The highest BCUT2D eigenvalue weighted by Gasteiger charge is 2.34. The van der Waals surface area contributed by atoms with Crippen LogP contribution in [0.3, 0.4) is 0 Å². The predicted octanol–water partition coefficient (Wildman–Crippen LogP) is 7.01. The second kappa shape index (κ2) is 11.0. The molecule has 3 aromatic carbocycles. The molecule has 0 aliphatic carbocycles. The van der Waals surface area contributed by atoms with Crippen LogP contribution in [0.1, 0.15) is 60.3 Å².